The van der Waals surface area contributed by atoms with Crippen molar-refractivity contribution in [1.29, 1.82) is 5.26 Å². The highest BCUT2D eigenvalue weighted by Crippen LogP contribution is 2.28. The number of fused-ring (bicyclic) bond motifs is 1. The summed E-state index contributed by atoms with van der Waals surface area (Å²) in [6.07, 6.45) is 3.36. The Labute approximate surface area is 143 Å². The van der Waals surface area contributed by atoms with E-state index in [2.05, 4.69) is 21.1 Å². The summed E-state index contributed by atoms with van der Waals surface area (Å²) < 4.78 is 14.9. The van der Waals surface area contributed by atoms with Crippen LogP contribution in [0.3, 0.4) is 0 Å². The second-order valence-electron chi connectivity index (χ2n) is 5.61. The number of aromatic nitrogens is 4. The second kappa shape index (κ2) is 5.80. The molecule has 3 aromatic heterocycles. The molecule has 25 heavy (non-hydrogen) atoms. The van der Waals surface area contributed by atoms with Crippen LogP contribution in [0.1, 0.15) is 11.3 Å². The zero-order valence-electron chi connectivity index (χ0n) is 13.3. The monoisotopic (exact) mass is 329 g/mol. The fourth-order valence-corrected chi connectivity index (χ4v) is 2.77. The Morgan fingerprint density at radius 3 is 2.60 bits per heavy atom. The van der Waals surface area contributed by atoms with Crippen molar-refractivity contribution >= 4 is 5.65 Å². The maximum absolute atomic E-state index is 13.2. The standard InChI is InChI=1S/C19H12FN5/c1-12-9-16(13-4-6-15(20)7-5-13)17(10-21)19-23-18(24-25(12)19)14-3-2-8-22-11-14/h2-9,11H,1H3. The lowest BCUT2D eigenvalue weighted by molar-refractivity contribution is 0.628. The molecule has 6 heteroatoms. The quantitative estimate of drug-likeness (QED) is 0.561. The van der Waals surface area contributed by atoms with Gasteiger partial charge in [-0.3, -0.25) is 4.98 Å². The van der Waals surface area contributed by atoms with Crippen LogP contribution < -0.4 is 0 Å². The van der Waals surface area contributed by atoms with Crippen molar-refractivity contribution in [3.05, 3.63) is 71.9 Å². The third-order valence-corrected chi connectivity index (χ3v) is 3.97. The largest absolute Gasteiger partial charge is 0.264 e. The van der Waals surface area contributed by atoms with Crippen LogP contribution in [0.5, 0.6) is 0 Å². The first-order chi connectivity index (χ1) is 12.2. The molecule has 0 saturated heterocycles. The van der Waals surface area contributed by atoms with Crippen molar-refractivity contribution in [3.63, 3.8) is 0 Å². The molecule has 3 heterocycles. The van der Waals surface area contributed by atoms with Crippen LogP contribution in [0.15, 0.2) is 54.9 Å². The minimum absolute atomic E-state index is 0.318. The van der Waals surface area contributed by atoms with Gasteiger partial charge in [-0.05, 0) is 42.8 Å². The maximum Gasteiger partial charge on any atom is 0.183 e. The Morgan fingerprint density at radius 1 is 1.12 bits per heavy atom. The van der Waals surface area contributed by atoms with E-state index < -0.39 is 0 Å². The van der Waals surface area contributed by atoms with Gasteiger partial charge in [0.15, 0.2) is 11.5 Å². The highest BCUT2D eigenvalue weighted by atomic mass is 19.1. The highest BCUT2D eigenvalue weighted by molar-refractivity contribution is 5.78. The third-order valence-electron chi connectivity index (χ3n) is 3.97. The van der Waals surface area contributed by atoms with Crippen molar-refractivity contribution in [2.45, 2.75) is 6.92 Å². The van der Waals surface area contributed by atoms with E-state index in [1.165, 1.54) is 12.1 Å². The van der Waals surface area contributed by atoms with E-state index in [1.54, 1.807) is 29.0 Å². The molecule has 0 aliphatic heterocycles. The number of benzene rings is 1. The molecule has 120 valence electrons. The van der Waals surface area contributed by atoms with Gasteiger partial charge in [-0.2, -0.15) is 5.26 Å². The number of aryl methyl sites for hydroxylation is 1. The van der Waals surface area contributed by atoms with Crippen LogP contribution in [0.4, 0.5) is 4.39 Å². The lowest BCUT2D eigenvalue weighted by Gasteiger charge is -2.08. The SMILES string of the molecule is Cc1cc(-c2ccc(F)cc2)c(C#N)c2nc(-c3cccnc3)nn12. The zero-order chi connectivity index (χ0) is 17.4. The Balaban J connectivity index is 1.98. The molecule has 0 unspecified atom stereocenters. The Kier molecular flexibility index (Phi) is 3.47. The van der Waals surface area contributed by atoms with Crippen LogP contribution in [0, 0.1) is 24.1 Å². The van der Waals surface area contributed by atoms with Gasteiger partial charge in [-0.25, -0.2) is 13.9 Å². The fourth-order valence-electron chi connectivity index (χ4n) is 2.77. The minimum Gasteiger partial charge on any atom is -0.264 e. The van der Waals surface area contributed by atoms with Gasteiger partial charge in [0.25, 0.3) is 0 Å². The smallest absolute Gasteiger partial charge is 0.183 e. The molecule has 0 radical (unpaired) electrons. The second-order valence-corrected chi connectivity index (χ2v) is 5.61. The van der Waals surface area contributed by atoms with Crippen LogP contribution >= 0.6 is 0 Å². The summed E-state index contributed by atoms with van der Waals surface area (Å²) in [7, 11) is 0. The van der Waals surface area contributed by atoms with Gasteiger partial charge in [0.05, 0.1) is 0 Å². The molecule has 0 fully saturated rings. The van der Waals surface area contributed by atoms with E-state index in [4.69, 9.17) is 0 Å². The summed E-state index contributed by atoms with van der Waals surface area (Å²) in [5.74, 6) is 0.186. The first-order valence-electron chi connectivity index (χ1n) is 7.64. The third kappa shape index (κ3) is 2.52. The van der Waals surface area contributed by atoms with Crippen molar-refractivity contribution in [3.8, 4) is 28.6 Å². The summed E-state index contributed by atoms with van der Waals surface area (Å²) in [5, 5.41) is 14.2. The van der Waals surface area contributed by atoms with Crippen molar-refractivity contribution in [1.82, 2.24) is 19.6 Å². The summed E-state index contributed by atoms with van der Waals surface area (Å²) >= 11 is 0. The number of nitrogens with zero attached hydrogens (tertiary/aromatic N) is 5. The van der Waals surface area contributed by atoms with E-state index in [-0.39, 0.29) is 5.82 Å². The summed E-state index contributed by atoms with van der Waals surface area (Å²) in [5.41, 5.74) is 3.95. The topological polar surface area (TPSA) is 66.9 Å². The van der Waals surface area contributed by atoms with Gasteiger partial charge in [-0.15, -0.1) is 5.10 Å². The molecule has 0 saturated carbocycles. The zero-order valence-corrected chi connectivity index (χ0v) is 13.3. The lowest BCUT2D eigenvalue weighted by Crippen LogP contribution is -1.99. The molecule has 5 nitrogen and oxygen atoms in total. The van der Waals surface area contributed by atoms with Crippen molar-refractivity contribution in [2.24, 2.45) is 0 Å². The maximum atomic E-state index is 13.2. The molecular weight excluding hydrogens is 317 g/mol. The van der Waals surface area contributed by atoms with E-state index in [0.29, 0.717) is 22.6 Å². The van der Waals surface area contributed by atoms with Gasteiger partial charge in [0.1, 0.15) is 17.4 Å². The lowest BCUT2D eigenvalue weighted by atomic mass is 10.0. The Bertz CT molecular complexity index is 1110. The molecule has 0 atom stereocenters. The molecule has 0 N–H and O–H groups in total. The van der Waals surface area contributed by atoms with Crippen molar-refractivity contribution in [2.75, 3.05) is 0 Å². The van der Waals surface area contributed by atoms with Crippen molar-refractivity contribution < 1.29 is 4.39 Å². The molecule has 4 rings (SSSR count). The van der Waals surface area contributed by atoms with E-state index in [9.17, 15) is 9.65 Å². The molecule has 4 aromatic rings. The number of pyridine rings is 2. The minimum atomic E-state index is -0.318. The predicted molar refractivity (Wildman–Crippen MR) is 91.1 cm³/mol. The average Bonchev–Trinajstić information content (AvgIpc) is 3.09. The van der Waals surface area contributed by atoms with Crippen LogP contribution in [0.25, 0.3) is 28.2 Å². The molecule has 0 bridgehead atoms. The molecule has 0 spiro atoms. The normalized spacial score (nSPS) is 10.8. The summed E-state index contributed by atoms with van der Waals surface area (Å²) in [4.78, 5) is 8.61. The number of nitriles is 1. The van der Waals surface area contributed by atoms with Crippen LogP contribution in [-0.4, -0.2) is 19.6 Å². The summed E-state index contributed by atoms with van der Waals surface area (Å²) in [6, 6.07) is 13.8. The first-order valence-corrected chi connectivity index (χ1v) is 7.64. The molecular formula is C19H12FN5. The van der Waals surface area contributed by atoms with Gasteiger partial charge in [0, 0.05) is 29.2 Å². The molecule has 0 aliphatic rings. The number of rotatable bonds is 2. The number of hydrogen-bond acceptors (Lipinski definition) is 4. The summed E-state index contributed by atoms with van der Waals surface area (Å²) in [6.45, 7) is 1.89. The van der Waals surface area contributed by atoms with Gasteiger partial charge >= 0.3 is 0 Å². The molecule has 0 aliphatic carbocycles. The highest BCUT2D eigenvalue weighted by Gasteiger charge is 2.17. The van der Waals surface area contributed by atoms with Crippen LogP contribution in [0.2, 0.25) is 0 Å². The van der Waals surface area contributed by atoms with E-state index in [0.717, 1.165) is 16.8 Å². The number of hydrogen-bond donors (Lipinski definition) is 0. The first kappa shape index (κ1) is 15.0. The van der Waals surface area contributed by atoms with E-state index >= 15 is 0 Å². The Morgan fingerprint density at radius 2 is 1.92 bits per heavy atom. The van der Waals surface area contributed by atoms with Gasteiger partial charge in [-0.1, -0.05) is 12.1 Å². The Hall–Kier alpha value is -3.59. The fraction of sp³-hybridized carbons (Fsp3) is 0.0526. The average molecular weight is 329 g/mol. The molecule has 1 aromatic carbocycles. The van der Waals surface area contributed by atoms with Gasteiger partial charge in [0.2, 0.25) is 0 Å². The predicted octanol–water partition coefficient (Wildman–Crippen LogP) is 3.78. The van der Waals surface area contributed by atoms with E-state index in [1.807, 2.05) is 25.1 Å². The van der Waals surface area contributed by atoms with Crippen LogP contribution in [-0.2, 0) is 0 Å². The molecule has 0 amide bonds. The number of halogens is 1. The van der Waals surface area contributed by atoms with Gasteiger partial charge < -0.3 is 0 Å².